The minimum Gasteiger partial charge on any atom is -0.493 e. The Morgan fingerprint density at radius 3 is 2.42 bits per heavy atom. The molecular formula is C19H20N2O3. The molecule has 0 unspecified atom stereocenters. The summed E-state index contributed by atoms with van der Waals surface area (Å²) in [6, 6.07) is 15.6. The van der Waals surface area contributed by atoms with E-state index in [-0.39, 0.29) is 11.9 Å². The third-order valence-electron chi connectivity index (χ3n) is 4.13. The molecule has 0 saturated carbocycles. The number of carbonyl (C=O) groups excluding carboxylic acids is 1. The lowest BCUT2D eigenvalue weighted by Gasteiger charge is -2.20. The van der Waals surface area contributed by atoms with Crippen LogP contribution in [0.25, 0.3) is 0 Å². The van der Waals surface area contributed by atoms with Crippen molar-refractivity contribution in [2.45, 2.75) is 19.4 Å². The van der Waals surface area contributed by atoms with Crippen molar-refractivity contribution in [2.24, 2.45) is 5.10 Å². The van der Waals surface area contributed by atoms with E-state index in [1.54, 1.807) is 19.2 Å². The van der Waals surface area contributed by atoms with Crippen molar-refractivity contribution in [3.63, 3.8) is 0 Å². The van der Waals surface area contributed by atoms with E-state index in [9.17, 15) is 4.79 Å². The SMILES string of the molecule is COc1ccc(C2=NN(C(C)=O)[C@H](c3ccccc3)C2)cc1OC. The summed E-state index contributed by atoms with van der Waals surface area (Å²) in [5.41, 5.74) is 2.87. The van der Waals surface area contributed by atoms with Crippen LogP contribution >= 0.6 is 0 Å². The van der Waals surface area contributed by atoms with Gasteiger partial charge in [0, 0.05) is 18.9 Å². The summed E-state index contributed by atoms with van der Waals surface area (Å²) < 4.78 is 10.6. The second-order valence-electron chi connectivity index (χ2n) is 5.61. The number of nitrogens with zero attached hydrogens (tertiary/aromatic N) is 2. The first-order valence-corrected chi connectivity index (χ1v) is 7.78. The molecule has 124 valence electrons. The molecule has 1 atom stereocenters. The lowest BCUT2D eigenvalue weighted by Crippen LogP contribution is -2.24. The number of rotatable bonds is 4. The van der Waals surface area contributed by atoms with Crippen LogP contribution in [0.2, 0.25) is 0 Å². The molecule has 0 bridgehead atoms. The molecule has 1 heterocycles. The number of hydrazone groups is 1. The van der Waals surface area contributed by atoms with Crippen molar-refractivity contribution in [2.75, 3.05) is 14.2 Å². The van der Waals surface area contributed by atoms with E-state index in [0.29, 0.717) is 17.9 Å². The Morgan fingerprint density at radius 2 is 1.79 bits per heavy atom. The monoisotopic (exact) mass is 324 g/mol. The summed E-state index contributed by atoms with van der Waals surface area (Å²) in [7, 11) is 3.21. The van der Waals surface area contributed by atoms with Crippen molar-refractivity contribution >= 4 is 11.6 Å². The quantitative estimate of drug-likeness (QED) is 0.866. The fraction of sp³-hybridized carbons (Fsp3) is 0.263. The van der Waals surface area contributed by atoms with E-state index in [4.69, 9.17) is 9.47 Å². The average Bonchev–Trinajstić information content (AvgIpc) is 3.07. The highest BCUT2D eigenvalue weighted by Crippen LogP contribution is 2.35. The summed E-state index contributed by atoms with van der Waals surface area (Å²) in [6.07, 6.45) is 0.666. The molecular weight excluding hydrogens is 304 g/mol. The molecule has 3 rings (SSSR count). The number of amides is 1. The zero-order valence-electron chi connectivity index (χ0n) is 14.0. The standard InChI is InChI=1S/C19H20N2O3/c1-13(22)21-17(14-7-5-4-6-8-14)12-16(20-21)15-9-10-18(23-2)19(11-15)24-3/h4-11,17H,12H2,1-3H3/t17-/m0/s1. The zero-order valence-corrected chi connectivity index (χ0v) is 14.0. The van der Waals surface area contributed by atoms with E-state index in [1.807, 2.05) is 48.5 Å². The Balaban J connectivity index is 1.95. The molecule has 0 aromatic heterocycles. The van der Waals surface area contributed by atoms with Crippen molar-refractivity contribution in [1.82, 2.24) is 5.01 Å². The second kappa shape index (κ2) is 6.74. The van der Waals surface area contributed by atoms with Gasteiger partial charge in [-0.05, 0) is 23.8 Å². The highest BCUT2D eigenvalue weighted by atomic mass is 16.5. The molecule has 0 fully saturated rings. The van der Waals surface area contributed by atoms with Gasteiger partial charge in [0.1, 0.15) is 0 Å². The zero-order chi connectivity index (χ0) is 17.1. The van der Waals surface area contributed by atoms with Crippen molar-refractivity contribution in [3.05, 3.63) is 59.7 Å². The van der Waals surface area contributed by atoms with E-state index >= 15 is 0 Å². The fourth-order valence-electron chi connectivity index (χ4n) is 2.93. The Kier molecular flexibility index (Phi) is 4.51. The van der Waals surface area contributed by atoms with Crippen LogP contribution in [0, 0.1) is 0 Å². The van der Waals surface area contributed by atoms with Gasteiger partial charge in [0.05, 0.1) is 26.0 Å². The molecule has 2 aromatic rings. The molecule has 5 heteroatoms. The molecule has 1 aliphatic heterocycles. The lowest BCUT2D eigenvalue weighted by atomic mass is 9.98. The van der Waals surface area contributed by atoms with Gasteiger partial charge in [0.25, 0.3) is 0 Å². The van der Waals surface area contributed by atoms with Crippen molar-refractivity contribution in [1.29, 1.82) is 0 Å². The Bertz CT molecular complexity index is 771. The number of ether oxygens (including phenoxy) is 2. The summed E-state index contributed by atoms with van der Waals surface area (Å²) in [6.45, 7) is 1.54. The summed E-state index contributed by atoms with van der Waals surface area (Å²) in [4.78, 5) is 12.0. The third-order valence-corrected chi connectivity index (χ3v) is 4.13. The maximum Gasteiger partial charge on any atom is 0.240 e. The Hall–Kier alpha value is -2.82. The predicted molar refractivity (Wildman–Crippen MR) is 92.4 cm³/mol. The molecule has 0 saturated heterocycles. The molecule has 0 aliphatic carbocycles. The lowest BCUT2D eigenvalue weighted by molar-refractivity contribution is -0.130. The molecule has 24 heavy (non-hydrogen) atoms. The third kappa shape index (κ3) is 2.97. The first kappa shape index (κ1) is 16.1. The van der Waals surface area contributed by atoms with Crippen LogP contribution in [-0.2, 0) is 4.79 Å². The molecule has 1 aliphatic rings. The van der Waals surface area contributed by atoms with E-state index in [1.165, 1.54) is 6.92 Å². The molecule has 0 N–H and O–H groups in total. The Morgan fingerprint density at radius 1 is 1.08 bits per heavy atom. The van der Waals surface area contributed by atoms with Gasteiger partial charge in [-0.25, -0.2) is 5.01 Å². The van der Waals surface area contributed by atoms with Crippen molar-refractivity contribution < 1.29 is 14.3 Å². The summed E-state index contributed by atoms with van der Waals surface area (Å²) >= 11 is 0. The molecule has 0 radical (unpaired) electrons. The van der Waals surface area contributed by atoms with Gasteiger partial charge in [-0.3, -0.25) is 4.79 Å². The molecule has 5 nitrogen and oxygen atoms in total. The van der Waals surface area contributed by atoms with Crippen LogP contribution in [0.3, 0.4) is 0 Å². The minimum atomic E-state index is -0.0770. The van der Waals surface area contributed by atoms with Gasteiger partial charge in [-0.2, -0.15) is 5.10 Å². The first-order chi connectivity index (χ1) is 11.6. The largest absolute Gasteiger partial charge is 0.493 e. The molecule has 0 spiro atoms. The van der Waals surface area contributed by atoms with Crippen molar-refractivity contribution in [3.8, 4) is 11.5 Å². The number of carbonyl (C=O) groups is 1. The molecule has 2 aromatic carbocycles. The van der Waals surface area contributed by atoms with Crippen LogP contribution in [0.5, 0.6) is 11.5 Å². The van der Waals surface area contributed by atoms with Crippen LogP contribution in [-0.4, -0.2) is 30.8 Å². The summed E-state index contributed by atoms with van der Waals surface area (Å²) in [5.74, 6) is 1.25. The highest BCUT2D eigenvalue weighted by Gasteiger charge is 2.31. The van der Waals surface area contributed by atoms with Gasteiger partial charge in [0.15, 0.2) is 11.5 Å². The van der Waals surface area contributed by atoms with Gasteiger partial charge in [-0.15, -0.1) is 0 Å². The number of methoxy groups -OCH3 is 2. The van der Waals surface area contributed by atoms with Gasteiger partial charge >= 0.3 is 0 Å². The fourth-order valence-corrected chi connectivity index (χ4v) is 2.93. The maximum atomic E-state index is 12.0. The van der Waals surface area contributed by atoms with Gasteiger partial charge < -0.3 is 9.47 Å². The number of hydrogen-bond acceptors (Lipinski definition) is 4. The average molecular weight is 324 g/mol. The second-order valence-corrected chi connectivity index (χ2v) is 5.61. The van der Waals surface area contributed by atoms with Crippen LogP contribution in [0.15, 0.2) is 53.6 Å². The minimum absolute atomic E-state index is 0.0701. The number of hydrogen-bond donors (Lipinski definition) is 0. The molecule has 1 amide bonds. The van der Waals surface area contributed by atoms with Gasteiger partial charge in [0.2, 0.25) is 5.91 Å². The van der Waals surface area contributed by atoms with Crippen LogP contribution in [0.4, 0.5) is 0 Å². The van der Waals surface area contributed by atoms with E-state index < -0.39 is 0 Å². The first-order valence-electron chi connectivity index (χ1n) is 7.78. The van der Waals surface area contributed by atoms with Crippen LogP contribution in [0.1, 0.15) is 30.5 Å². The smallest absolute Gasteiger partial charge is 0.240 e. The normalized spacial score (nSPS) is 16.7. The Labute approximate surface area is 141 Å². The maximum absolute atomic E-state index is 12.0. The van der Waals surface area contributed by atoms with Crippen LogP contribution < -0.4 is 9.47 Å². The summed E-state index contributed by atoms with van der Waals surface area (Å²) in [5, 5.41) is 6.11. The number of benzene rings is 2. The van der Waals surface area contributed by atoms with E-state index in [2.05, 4.69) is 5.10 Å². The van der Waals surface area contributed by atoms with Gasteiger partial charge in [-0.1, -0.05) is 30.3 Å². The predicted octanol–water partition coefficient (Wildman–Crippen LogP) is 3.40. The highest BCUT2D eigenvalue weighted by molar-refractivity contribution is 6.03. The topological polar surface area (TPSA) is 51.1 Å². The van der Waals surface area contributed by atoms with E-state index in [0.717, 1.165) is 16.8 Å².